The van der Waals surface area contributed by atoms with Crippen LogP contribution in [-0.4, -0.2) is 38.7 Å². The fourth-order valence-electron chi connectivity index (χ4n) is 2.86. The van der Waals surface area contributed by atoms with Crippen molar-refractivity contribution in [1.82, 2.24) is 10.3 Å². The van der Waals surface area contributed by atoms with Gasteiger partial charge in [0.15, 0.2) is 5.52 Å². The van der Waals surface area contributed by atoms with Crippen molar-refractivity contribution in [3.8, 4) is 0 Å². The zero-order valence-corrected chi connectivity index (χ0v) is 13.3. The third-order valence-electron chi connectivity index (χ3n) is 3.93. The molecule has 0 saturated heterocycles. The van der Waals surface area contributed by atoms with Crippen molar-refractivity contribution in [3.05, 3.63) is 16.2 Å². The topological polar surface area (TPSA) is 114 Å². The smallest absolute Gasteiger partial charge is 0.323 e. The Kier molecular flexibility index (Phi) is 4.97. The molecule has 0 amide bonds. The van der Waals surface area contributed by atoms with Crippen molar-refractivity contribution in [2.45, 2.75) is 42.2 Å². The minimum Gasteiger partial charge on any atom is -0.395 e. The van der Waals surface area contributed by atoms with Crippen LogP contribution in [0.15, 0.2) is 15.6 Å². The monoisotopic (exact) mass is 338 g/mol. The Bertz CT molecular complexity index is 699. The molecule has 1 aromatic carbocycles. The van der Waals surface area contributed by atoms with E-state index in [1.54, 1.807) is 17.8 Å². The van der Waals surface area contributed by atoms with Gasteiger partial charge in [-0.2, -0.15) is 0 Å². The lowest BCUT2D eigenvalue weighted by molar-refractivity contribution is -0.382. The van der Waals surface area contributed by atoms with Crippen LogP contribution in [0.25, 0.3) is 11.0 Å². The summed E-state index contributed by atoms with van der Waals surface area (Å²) in [4.78, 5) is 11.7. The normalized spacial score (nSPS) is 15.9. The number of hydrogen-bond donors (Lipinski definition) is 2. The number of thioether (sulfide) groups is 1. The third-order valence-corrected chi connectivity index (χ3v) is 5.30. The average molecular weight is 338 g/mol. The molecule has 124 valence electrons. The molecule has 0 spiro atoms. The molecule has 0 atom stereocenters. The quantitative estimate of drug-likeness (QED) is 0.610. The van der Waals surface area contributed by atoms with E-state index in [0.29, 0.717) is 16.5 Å². The lowest BCUT2D eigenvalue weighted by atomic mass is 10.0. The van der Waals surface area contributed by atoms with Crippen LogP contribution in [-0.2, 0) is 0 Å². The minimum absolute atomic E-state index is 0.114. The van der Waals surface area contributed by atoms with Crippen molar-refractivity contribution < 1.29 is 14.7 Å². The van der Waals surface area contributed by atoms with Gasteiger partial charge in [-0.3, -0.25) is 10.1 Å². The van der Waals surface area contributed by atoms with Crippen LogP contribution in [0.1, 0.15) is 32.1 Å². The maximum absolute atomic E-state index is 11.4. The lowest BCUT2D eigenvalue weighted by Crippen LogP contribution is -2.10. The van der Waals surface area contributed by atoms with Gasteiger partial charge < -0.3 is 10.4 Å². The standard InChI is InChI=1S/C14H18N4O4S/c19-7-6-15-10-8-11(23-9-4-2-1-3-5-9)12-13(17-22-16-12)14(10)18(20)21/h8-9,15,19H,1-7H2. The van der Waals surface area contributed by atoms with Gasteiger partial charge in [0.2, 0.25) is 5.52 Å². The Morgan fingerprint density at radius 2 is 2.09 bits per heavy atom. The SMILES string of the molecule is O=[N+]([O-])c1c(NCCO)cc(SC2CCCCC2)c2nonc12. The first-order valence-electron chi connectivity index (χ1n) is 7.65. The summed E-state index contributed by atoms with van der Waals surface area (Å²) < 4.78 is 4.75. The lowest BCUT2D eigenvalue weighted by Gasteiger charge is -2.21. The molecule has 0 radical (unpaired) electrons. The van der Waals surface area contributed by atoms with Crippen LogP contribution in [0.5, 0.6) is 0 Å². The Balaban J connectivity index is 2.01. The highest BCUT2D eigenvalue weighted by molar-refractivity contribution is 8.00. The van der Waals surface area contributed by atoms with E-state index in [0.717, 1.165) is 17.7 Å². The summed E-state index contributed by atoms with van der Waals surface area (Å²) >= 11 is 1.68. The summed E-state index contributed by atoms with van der Waals surface area (Å²) in [7, 11) is 0. The van der Waals surface area contributed by atoms with E-state index in [2.05, 4.69) is 15.6 Å². The van der Waals surface area contributed by atoms with E-state index in [-0.39, 0.29) is 24.4 Å². The van der Waals surface area contributed by atoms with Crippen LogP contribution in [0.4, 0.5) is 11.4 Å². The molecule has 0 bridgehead atoms. The molecule has 2 N–H and O–H groups in total. The highest BCUT2D eigenvalue weighted by Gasteiger charge is 2.27. The molecule has 1 aliphatic carbocycles. The molecule has 3 rings (SSSR count). The van der Waals surface area contributed by atoms with E-state index >= 15 is 0 Å². The van der Waals surface area contributed by atoms with Gasteiger partial charge in [-0.05, 0) is 29.2 Å². The molecule has 1 fully saturated rings. The number of benzene rings is 1. The number of nitrogens with one attached hydrogen (secondary N) is 1. The zero-order chi connectivity index (χ0) is 16.2. The van der Waals surface area contributed by atoms with Crippen LogP contribution >= 0.6 is 11.8 Å². The number of hydrogen-bond acceptors (Lipinski definition) is 8. The maximum Gasteiger partial charge on any atom is 0.323 e. The maximum atomic E-state index is 11.4. The number of aliphatic hydroxyl groups excluding tert-OH is 1. The van der Waals surface area contributed by atoms with Crippen LogP contribution in [0, 0.1) is 10.1 Å². The van der Waals surface area contributed by atoms with Crippen molar-refractivity contribution >= 4 is 34.2 Å². The Labute approximate surface area is 136 Å². The Morgan fingerprint density at radius 1 is 1.35 bits per heavy atom. The first-order valence-corrected chi connectivity index (χ1v) is 8.53. The summed E-state index contributed by atoms with van der Waals surface area (Å²) in [5.41, 5.74) is 0.756. The number of fused-ring (bicyclic) bond motifs is 1. The van der Waals surface area contributed by atoms with Gasteiger partial charge in [-0.1, -0.05) is 19.3 Å². The molecule has 8 nitrogen and oxygen atoms in total. The summed E-state index contributed by atoms with van der Waals surface area (Å²) in [5, 5.41) is 31.3. The van der Waals surface area contributed by atoms with E-state index in [9.17, 15) is 10.1 Å². The second-order valence-corrected chi connectivity index (χ2v) is 6.86. The summed E-state index contributed by atoms with van der Waals surface area (Å²) in [6.45, 7) is 0.114. The van der Waals surface area contributed by atoms with Gasteiger partial charge in [-0.15, -0.1) is 11.8 Å². The van der Waals surface area contributed by atoms with E-state index in [1.165, 1.54) is 19.3 Å². The van der Waals surface area contributed by atoms with Gasteiger partial charge in [-0.25, -0.2) is 4.63 Å². The first kappa shape index (κ1) is 16.0. The Morgan fingerprint density at radius 3 is 2.78 bits per heavy atom. The molecule has 0 unspecified atom stereocenters. The van der Waals surface area contributed by atoms with E-state index < -0.39 is 4.92 Å². The number of aromatic nitrogens is 2. The van der Waals surface area contributed by atoms with E-state index in [4.69, 9.17) is 9.74 Å². The second kappa shape index (κ2) is 7.14. The fraction of sp³-hybridized carbons (Fsp3) is 0.571. The number of nitro groups is 1. The van der Waals surface area contributed by atoms with Crippen LogP contribution in [0.3, 0.4) is 0 Å². The van der Waals surface area contributed by atoms with Gasteiger partial charge in [0, 0.05) is 16.7 Å². The number of aliphatic hydroxyl groups is 1. The number of nitro benzene ring substituents is 1. The van der Waals surface area contributed by atoms with Crippen molar-refractivity contribution in [2.24, 2.45) is 0 Å². The van der Waals surface area contributed by atoms with Gasteiger partial charge in [0.1, 0.15) is 5.69 Å². The van der Waals surface area contributed by atoms with Gasteiger partial charge in [0.05, 0.1) is 11.5 Å². The molecule has 0 aliphatic heterocycles. The van der Waals surface area contributed by atoms with Crippen molar-refractivity contribution in [3.63, 3.8) is 0 Å². The molecule has 1 saturated carbocycles. The highest BCUT2D eigenvalue weighted by atomic mass is 32.2. The van der Waals surface area contributed by atoms with E-state index in [1.807, 2.05) is 0 Å². The zero-order valence-electron chi connectivity index (χ0n) is 12.5. The molecular formula is C14H18N4O4S. The Hall–Kier alpha value is -1.87. The molecule has 1 aromatic heterocycles. The number of anilines is 1. The van der Waals surface area contributed by atoms with Crippen molar-refractivity contribution in [2.75, 3.05) is 18.5 Å². The minimum atomic E-state index is -0.499. The van der Waals surface area contributed by atoms with Crippen LogP contribution < -0.4 is 5.32 Å². The summed E-state index contributed by atoms with van der Waals surface area (Å²) in [5.74, 6) is 0. The third kappa shape index (κ3) is 3.40. The highest BCUT2D eigenvalue weighted by Crippen LogP contribution is 2.42. The summed E-state index contributed by atoms with van der Waals surface area (Å²) in [6.07, 6.45) is 5.95. The van der Waals surface area contributed by atoms with Gasteiger partial charge >= 0.3 is 5.69 Å². The average Bonchev–Trinajstić information content (AvgIpc) is 3.03. The molecule has 23 heavy (non-hydrogen) atoms. The predicted octanol–water partition coefficient (Wildman–Crippen LogP) is 2.96. The van der Waals surface area contributed by atoms with Crippen LogP contribution in [0.2, 0.25) is 0 Å². The molecule has 9 heteroatoms. The van der Waals surface area contributed by atoms with Crippen molar-refractivity contribution in [1.29, 1.82) is 0 Å². The largest absolute Gasteiger partial charge is 0.395 e. The number of nitrogens with zero attached hydrogens (tertiary/aromatic N) is 3. The first-order chi connectivity index (χ1) is 11.2. The molecular weight excluding hydrogens is 320 g/mol. The molecule has 1 aliphatic rings. The van der Waals surface area contributed by atoms with Gasteiger partial charge in [0.25, 0.3) is 0 Å². The number of rotatable bonds is 6. The molecule has 1 heterocycles. The predicted molar refractivity (Wildman–Crippen MR) is 86.8 cm³/mol. The second-order valence-electron chi connectivity index (χ2n) is 5.52. The summed E-state index contributed by atoms with van der Waals surface area (Å²) in [6, 6.07) is 1.72. The molecule has 2 aromatic rings. The fourth-order valence-corrected chi connectivity index (χ4v) is 4.22.